The van der Waals surface area contributed by atoms with Crippen molar-refractivity contribution in [2.45, 2.75) is 24.9 Å². The fourth-order valence-electron chi connectivity index (χ4n) is 3.89. The number of carboxylic acids is 1. The summed E-state index contributed by atoms with van der Waals surface area (Å²) < 4.78 is 1.42. The van der Waals surface area contributed by atoms with Crippen LogP contribution in [0.3, 0.4) is 0 Å². The third-order valence-electron chi connectivity index (χ3n) is 5.77. The minimum absolute atomic E-state index is 0.00891. The Balaban J connectivity index is 1.85. The van der Waals surface area contributed by atoms with Crippen LogP contribution in [0.5, 0.6) is 0 Å². The summed E-state index contributed by atoms with van der Waals surface area (Å²) in [7, 11) is 2.01. The number of aliphatic carboxylic acids is 1. The number of hydrogen-bond acceptors (Lipinski definition) is 6. The molecule has 0 spiro atoms. The van der Waals surface area contributed by atoms with Gasteiger partial charge in [-0.25, -0.2) is 4.98 Å². The normalized spacial score (nSPS) is 17.7. The van der Waals surface area contributed by atoms with Crippen LogP contribution in [0.4, 0.5) is 0 Å². The summed E-state index contributed by atoms with van der Waals surface area (Å²) in [5.41, 5.74) is 6.81. The number of rotatable bonds is 9. The molecule has 31 heavy (non-hydrogen) atoms. The monoisotopic (exact) mass is 427 g/mol. The third kappa shape index (κ3) is 5.77. The van der Waals surface area contributed by atoms with Crippen LogP contribution in [0.15, 0.2) is 49.1 Å². The molecule has 2 aromatic rings. The smallest absolute Gasteiger partial charge is 0.323 e. The van der Waals surface area contributed by atoms with E-state index in [-0.39, 0.29) is 18.1 Å². The Morgan fingerprint density at radius 1 is 1.13 bits per heavy atom. The highest BCUT2D eigenvalue weighted by Gasteiger charge is 2.37. The van der Waals surface area contributed by atoms with Crippen molar-refractivity contribution in [3.63, 3.8) is 0 Å². The van der Waals surface area contributed by atoms with Gasteiger partial charge in [-0.2, -0.15) is 0 Å². The molecule has 1 fully saturated rings. The molecule has 1 aromatic heterocycles. The van der Waals surface area contributed by atoms with Crippen LogP contribution in [0.25, 0.3) is 0 Å². The first-order valence-corrected chi connectivity index (χ1v) is 10.4. The van der Waals surface area contributed by atoms with Gasteiger partial charge < -0.3 is 25.2 Å². The van der Waals surface area contributed by atoms with Crippen molar-refractivity contribution < 1.29 is 19.5 Å². The maximum atomic E-state index is 13.6. The Morgan fingerprint density at radius 2 is 1.81 bits per heavy atom. The van der Waals surface area contributed by atoms with Crippen LogP contribution in [0, 0.1) is 5.92 Å². The molecule has 0 unspecified atom stereocenters. The van der Waals surface area contributed by atoms with Gasteiger partial charge in [0.2, 0.25) is 5.91 Å². The van der Waals surface area contributed by atoms with Crippen molar-refractivity contribution in [3.05, 3.63) is 54.6 Å². The summed E-state index contributed by atoms with van der Waals surface area (Å²) in [4.78, 5) is 46.1. The van der Waals surface area contributed by atoms with E-state index in [0.29, 0.717) is 19.5 Å². The number of carbonyl (C=O) groups excluding carboxylic acids is 2. The summed E-state index contributed by atoms with van der Waals surface area (Å²) in [5, 5.41) is 9.49. The third-order valence-corrected chi connectivity index (χ3v) is 5.77. The van der Waals surface area contributed by atoms with E-state index in [9.17, 15) is 19.5 Å². The van der Waals surface area contributed by atoms with Gasteiger partial charge in [0, 0.05) is 50.9 Å². The molecule has 0 bridgehead atoms. The van der Waals surface area contributed by atoms with Crippen molar-refractivity contribution in [2.24, 2.45) is 11.7 Å². The molecule has 166 valence electrons. The number of piperazine rings is 1. The van der Waals surface area contributed by atoms with Crippen LogP contribution < -0.4 is 5.73 Å². The average molecular weight is 428 g/mol. The molecule has 3 rings (SSSR count). The lowest BCUT2D eigenvalue weighted by molar-refractivity contribution is -0.143. The molecule has 1 aliphatic rings. The number of likely N-dealkylation sites (N-methyl/N-ethyl adjacent to an activating group) is 1. The second-order valence-corrected chi connectivity index (χ2v) is 8.00. The number of carbonyl (C=O) groups is 3. The Bertz CT molecular complexity index is 879. The number of hydrogen-bond donors (Lipinski definition) is 2. The molecule has 0 aliphatic carbocycles. The minimum Gasteiger partial charge on any atom is -0.480 e. The van der Waals surface area contributed by atoms with E-state index in [1.807, 2.05) is 37.4 Å². The van der Waals surface area contributed by atoms with Gasteiger partial charge in [-0.15, -0.1) is 0 Å². The van der Waals surface area contributed by atoms with Gasteiger partial charge >= 0.3 is 5.97 Å². The maximum Gasteiger partial charge on any atom is 0.323 e. The number of ketones is 1. The number of amides is 1. The van der Waals surface area contributed by atoms with Crippen LogP contribution >= 0.6 is 0 Å². The van der Waals surface area contributed by atoms with Crippen molar-refractivity contribution in [1.82, 2.24) is 19.4 Å². The summed E-state index contributed by atoms with van der Waals surface area (Å²) in [6.07, 6.45) is 4.71. The Kier molecular flexibility index (Phi) is 7.54. The molecule has 9 heteroatoms. The number of nitrogens with two attached hydrogens (primary N) is 1. The number of aromatic nitrogens is 2. The van der Waals surface area contributed by atoms with E-state index >= 15 is 0 Å². The number of imidazole rings is 1. The van der Waals surface area contributed by atoms with Crippen molar-refractivity contribution >= 4 is 17.7 Å². The highest BCUT2D eigenvalue weighted by molar-refractivity contribution is 5.93. The van der Waals surface area contributed by atoms with Crippen molar-refractivity contribution in [1.29, 1.82) is 0 Å². The lowest BCUT2D eigenvalue weighted by Crippen LogP contribution is -2.49. The first-order chi connectivity index (χ1) is 14.9. The second-order valence-electron chi connectivity index (χ2n) is 8.00. The second kappa shape index (κ2) is 10.3. The van der Waals surface area contributed by atoms with Gasteiger partial charge in [0.05, 0.1) is 6.33 Å². The van der Waals surface area contributed by atoms with Gasteiger partial charge in [-0.3, -0.25) is 14.4 Å². The van der Waals surface area contributed by atoms with Gasteiger partial charge in [0.1, 0.15) is 12.1 Å². The number of Topliss-reactive ketones (excluding diaryl/α,β-unsaturated/α-hetero) is 1. The molecule has 1 amide bonds. The van der Waals surface area contributed by atoms with Gasteiger partial charge in [0.15, 0.2) is 5.78 Å². The van der Waals surface area contributed by atoms with E-state index in [2.05, 4.69) is 9.88 Å². The largest absolute Gasteiger partial charge is 0.480 e. The average Bonchev–Trinajstić information content (AvgIpc) is 3.28. The standard InChI is InChI=1S/C22H29N5O4/c1-25-9-11-26(12-10-25)18(28)14-17(13-16-5-3-2-4-6-16)21(29)20(19(23)22(30)31)27-8-7-24-15-27/h2-8,15,17,19-20H,9-14,23H2,1H3,(H,30,31)/t17-,19-,20-/m1/s1. The first kappa shape index (κ1) is 22.6. The molecule has 0 saturated carbocycles. The minimum atomic E-state index is -1.45. The Hall–Kier alpha value is -3.04. The Morgan fingerprint density at radius 3 is 2.39 bits per heavy atom. The van der Waals surface area contributed by atoms with Crippen LogP contribution in [0.1, 0.15) is 18.0 Å². The van der Waals surface area contributed by atoms with Gasteiger partial charge in [0.25, 0.3) is 0 Å². The van der Waals surface area contributed by atoms with Crippen LogP contribution in [0.2, 0.25) is 0 Å². The Labute approximate surface area is 181 Å². The maximum absolute atomic E-state index is 13.6. The summed E-state index contributed by atoms with van der Waals surface area (Å²) in [6, 6.07) is 6.82. The summed E-state index contributed by atoms with van der Waals surface area (Å²) >= 11 is 0. The van der Waals surface area contributed by atoms with E-state index in [0.717, 1.165) is 18.7 Å². The van der Waals surface area contributed by atoms with E-state index in [1.165, 1.54) is 23.3 Å². The highest BCUT2D eigenvalue weighted by Crippen LogP contribution is 2.24. The lowest BCUT2D eigenvalue weighted by atomic mass is 9.85. The van der Waals surface area contributed by atoms with E-state index in [4.69, 9.17) is 5.73 Å². The van der Waals surface area contributed by atoms with Crippen molar-refractivity contribution in [2.75, 3.05) is 33.2 Å². The zero-order chi connectivity index (χ0) is 22.4. The zero-order valence-electron chi connectivity index (χ0n) is 17.6. The topological polar surface area (TPSA) is 122 Å². The molecule has 1 aromatic carbocycles. The number of benzene rings is 1. The predicted octanol–water partition coefficient (Wildman–Crippen LogP) is 0.428. The predicted molar refractivity (Wildman–Crippen MR) is 114 cm³/mol. The molecule has 9 nitrogen and oxygen atoms in total. The first-order valence-electron chi connectivity index (χ1n) is 10.4. The lowest BCUT2D eigenvalue weighted by Gasteiger charge is -2.33. The molecule has 1 saturated heterocycles. The number of nitrogens with zero attached hydrogens (tertiary/aromatic N) is 4. The fourth-order valence-corrected chi connectivity index (χ4v) is 3.89. The zero-order valence-corrected chi connectivity index (χ0v) is 17.6. The fraction of sp³-hybridized carbons (Fsp3) is 0.455. The quantitative estimate of drug-likeness (QED) is 0.595. The highest BCUT2D eigenvalue weighted by atomic mass is 16.4. The van der Waals surface area contributed by atoms with Crippen LogP contribution in [-0.4, -0.2) is 81.4 Å². The van der Waals surface area contributed by atoms with E-state index in [1.54, 1.807) is 4.90 Å². The van der Waals surface area contributed by atoms with Gasteiger partial charge in [-0.05, 0) is 19.0 Å². The van der Waals surface area contributed by atoms with Crippen LogP contribution in [-0.2, 0) is 20.8 Å². The molecule has 3 N–H and O–H groups in total. The molecular weight excluding hydrogens is 398 g/mol. The van der Waals surface area contributed by atoms with Crippen molar-refractivity contribution in [3.8, 4) is 0 Å². The molecule has 0 radical (unpaired) electrons. The van der Waals surface area contributed by atoms with E-state index < -0.39 is 24.0 Å². The van der Waals surface area contributed by atoms with Gasteiger partial charge in [-0.1, -0.05) is 30.3 Å². The molecular formula is C22H29N5O4. The summed E-state index contributed by atoms with van der Waals surface area (Å²) in [6.45, 7) is 2.79. The number of carboxylic acid groups (broad SMARTS) is 1. The summed E-state index contributed by atoms with van der Waals surface area (Å²) in [5.74, 6) is -2.46. The molecule has 2 heterocycles. The SMILES string of the molecule is CN1CCN(C(=O)C[C@@H](Cc2ccccc2)C(=O)[C@@H]([C@@H](N)C(=O)O)n2ccnc2)CC1. The molecule has 1 aliphatic heterocycles. The molecule has 3 atom stereocenters.